The number of benzene rings is 2. The van der Waals surface area contributed by atoms with Gasteiger partial charge in [-0.05, 0) is 61.6 Å². The Morgan fingerprint density at radius 3 is 2.66 bits per heavy atom. The first kappa shape index (κ1) is 25.1. The van der Waals surface area contributed by atoms with E-state index in [0.717, 1.165) is 27.8 Å². The first-order valence-corrected chi connectivity index (χ1v) is 12.5. The molecule has 0 unspecified atom stereocenters. The van der Waals surface area contributed by atoms with Crippen LogP contribution in [0.25, 0.3) is 10.9 Å². The second kappa shape index (κ2) is 11.6. The Morgan fingerprint density at radius 2 is 1.94 bits per heavy atom. The number of aliphatic hydroxyl groups is 1. The smallest absolute Gasteiger partial charge is 0.223 e. The third kappa shape index (κ3) is 6.59. The van der Waals surface area contributed by atoms with E-state index in [-0.39, 0.29) is 17.8 Å². The predicted molar refractivity (Wildman–Crippen MR) is 139 cm³/mol. The van der Waals surface area contributed by atoms with Gasteiger partial charge in [0.25, 0.3) is 0 Å². The van der Waals surface area contributed by atoms with Crippen LogP contribution in [0.15, 0.2) is 61.2 Å². The lowest BCUT2D eigenvalue weighted by Crippen LogP contribution is -2.38. The Kier molecular flexibility index (Phi) is 8.37. The van der Waals surface area contributed by atoms with Crippen molar-refractivity contribution in [1.29, 1.82) is 0 Å². The monoisotopic (exact) mass is 495 g/mol. The van der Waals surface area contributed by atoms with Crippen LogP contribution < -0.4 is 4.90 Å². The number of hydrogen-bond acceptors (Lipinski definition) is 4. The average Bonchev–Trinajstić information content (AvgIpc) is 2.86. The molecule has 1 amide bonds. The summed E-state index contributed by atoms with van der Waals surface area (Å²) in [7, 11) is 0. The molecule has 7 heteroatoms. The summed E-state index contributed by atoms with van der Waals surface area (Å²) in [4.78, 5) is 22.1. The number of aromatic nitrogens is 1. The number of carbonyl (C=O) groups is 1. The maximum atomic E-state index is 13.3. The molecule has 0 bridgehead atoms. The maximum absolute atomic E-state index is 13.3. The fourth-order valence-corrected chi connectivity index (χ4v) is 4.60. The number of allylic oxidation sites excluding steroid dienone is 1. The molecule has 1 aliphatic rings. The van der Waals surface area contributed by atoms with Crippen molar-refractivity contribution < 1.29 is 14.3 Å². The number of anilines is 1. The zero-order valence-corrected chi connectivity index (χ0v) is 20.6. The summed E-state index contributed by atoms with van der Waals surface area (Å²) in [5.41, 5.74) is 2.74. The zero-order chi connectivity index (χ0) is 24.8. The number of pyridine rings is 1. The number of fused-ring (bicyclic) bond motifs is 1. The van der Waals surface area contributed by atoms with Crippen LogP contribution in [0.5, 0.6) is 0 Å². The summed E-state index contributed by atoms with van der Waals surface area (Å²) in [6, 6.07) is 14.1. The molecule has 1 aromatic heterocycles. The quantitative estimate of drug-likeness (QED) is 0.397. The third-order valence-corrected chi connectivity index (χ3v) is 6.69. The minimum absolute atomic E-state index is 0.0447. The normalized spacial score (nSPS) is 14.3. The topological polar surface area (TPSA) is 56.7 Å². The van der Waals surface area contributed by atoms with Crippen LogP contribution in [0.2, 0.25) is 5.02 Å². The second-order valence-corrected chi connectivity index (χ2v) is 9.48. The van der Waals surface area contributed by atoms with Gasteiger partial charge >= 0.3 is 0 Å². The summed E-state index contributed by atoms with van der Waals surface area (Å²) >= 11 is 6.23. The molecule has 2 aromatic carbocycles. The van der Waals surface area contributed by atoms with Crippen molar-refractivity contribution in [2.75, 3.05) is 24.5 Å². The summed E-state index contributed by atoms with van der Waals surface area (Å²) < 4.78 is 13.3. The Balaban J connectivity index is 1.64. The number of hydrogen-bond donors (Lipinski definition) is 1. The van der Waals surface area contributed by atoms with Crippen LogP contribution in [-0.2, 0) is 17.8 Å². The first-order chi connectivity index (χ1) is 16.9. The van der Waals surface area contributed by atoms with E-state index in [0.29, 0.717) is 63.3 Å². The van der Waals surface area contributed by atoms with E-state index in [2.05, 4.69) is 17.5 Å². The van der Waals surface area contributed by atoms with Crippen LogP contribution in [0.4, 0.5) is 10.2 Å². The number of aliphatic hydroxyl groups excluding tert-OH is 1. The summed E-state index contributed by atoms with van der Waals surface area (Å²) in [6.45, 7) is 6.08. The summed E-state index contributed by atoms with van der Waals surface area (Å²) in [5.74, 6) is 0.601. The molecular weight excluding hydrogens is 465 g/mol. The van der Waals surface area contributed by atoms with Gasteiger partial charge in [0.15, 0.2) is 0 Å². The van der Waals surface area contributed by atoms with Crippen molar-refractivity contribution in [2.24, 2.45) is 0 Å². The summed E-state index contributed by atoms with van der Waals surface area (Å²) in [6.07, 6.45) is 4.44. The number of piperidine rings is 1. The Labute approximate surface area is 210 Å². The van der Waals surface area contributed by atoms with Crippen LogP contribution in [-0.4, -0.2) is 46.6 Å². The molecule has 35 heavy (non-hydrogen) atoms. The standard InChI is InChI=1S/C28H31ClFN3O2/c1-2-3-4-27(35)33(14-11-20-5-9-24(30)10-6-20)19-22-17-21-7-8-23(29)18-26(21)31-28(22)32-15-12-25(34)13-16-32/h2,5-10,17-18,25,34H,1,3-4,11-16,19H2. The van der Waals surface area contributed by atoms with Crippen molar-refractivity contribution in [3.63, 3.8) is 0 Å². The molecule has 3 aromatic rings. The number of nitrogens with zero attached hydrogens (tertiary/aromatic N) is 3. The van der Waals surface area contributed by atoms with Crippen LogP contribution in [0, 0.1) is 5.82 Å². The zero-order valence-electron chi connectivity index (χ0n) is 19.8. The average molecular weight is 496 g/mol. The molecule has 1 N–H and O–H groups in total. The van der Waals surface area contributed by atoms with E-state index in [1.807, 2.05) is 23.1 Å². The van der Waals surface area contributed by atoms with E-state index < -0.39 is 0 Å². The van der Waals surface area contributed by atoms with Crippen molar-refractivity contribution in [3.8, 4) is 0 Å². The molecule has 0 spiro atoms. The Morgan fingerprint density at radius 1 is 1.20 bits per heavy atom. The largest absolute Gasteiger partial charge is 0.393 e. The van der Waals surface area contributed by atoms with Gasteiger partial charge in [0.05, 0.1) is 11.6 Å². The van der Waals surface area contributed by atoms with Crippen LogP contribution in [0.3, 0.4) is 0 Å². The van der Waals surface area contributed by atoms with Crippen molar-refractivity contribution in [3.05, 3.63) is 83.2 Å². The predicted octanol–water partition coefficient (Wildman–Crippen LogP) is 5.53. The Bertz CT molecular complexity index is 1180. The molecule has 1 saturated heterocycles. The van der Waals surface area contributed by atoms with E-state index in [9.17, 15) is 14.3 Å². The number of halogens is 2. The number of carbonyl (C=O) groups excluding carboxylic acids is 1. The highest BCUT2D eigenvalue weighted by Crippen LogP contribution is 2.29. The van der Waals surface area contributed by atoms with E-state index in [1.165, 1.54) is 12.1 Å². The summed E-state index contributed by atoms with van der Waals surface area (Å²) in [5, 5.41) is 11.6. The highest BCUT2D eigenvalue weighted by molar-refractivity contribution is 6.31. The lowest BCUT2D eigenvalue weighted by Gasteiger charge is -2.33. The Hall–Kier alpha value is -2.96. The van der Waals surface area contributed by atoms with Gasteiger partial charge in [-0.1, -0.05) is 35.9 Å². The second-order valence-electron chi connectivity index (χ2n) is 9.05. The highest BCUT2D eigenvalue weighted by Gasteiger charge is 2.23. The SMILES string of the molecule is C=CCCC(=O)N(CCc1ccc(F)cc1)Cc1cc2ccc(Cl)cc2nc1N1CCC(O)CC1. The van der Waals surface area contributed by atoms with Crippen molar-refractivity contribution in [2.45, 2.75) is 44.8 Å². The lowest BCUT2D eigenvalue weighted by atomic mass is 10.1. The molecule has 0 saturated carbocycles. The van der Waals surface area contributed by atoms with Crippen molar-refractivity contribution >= 4 is 34.2 Å². The van der Waals surface area contributed by atoms with Gasteiger partial charge in [-0.2, -0.15) is 0 Å². The van der Waals surface area contributed by atoms with Gasteiger partial charge in [0.1, 0.15) is 11.6 Å². The minimum Gasteiger partial charge on any atom is -0.393 e. The molecule has 0 atom stereocenters. The molecule has 0 aliphatic carbocycles. The van der Waals surface area contributed by atoms with E-state index in [4.69, 9.17) is 16.6 Å². The first-order valence-electron chi connectivity index (χ1n) is 12.1. The van der Waals surface area contributed by atoms with Gasteiger partial charge in [0.2, 0.25) is 5.91 Å². The van der Waals surface area contributed by atoms with Crippen LogP contribution >= 0.6 is 11.6 Å². The van der Waals surface area contributed by atoms with Gasteiger partial charge in [0, 0.05) is 48.6 Å². The molecule has 1 fully saturated rings. The molecule has 1 aliphatic heterocycles. The van der Waals surface area contributed by atoms with Gasteiger partial charge in [-0.3, -0.25) is 4.79 Å². The van der Waals surface area contributed by atoms with Crippen LogP contribution in [0.1, 0.15) is 36.8 Å². The molecule has 2 heterocycles. The fourth-order valence-electron chi connectivity index (χ4n) is 4.44. The minimum atomic E-state index is -0.294. The molecule has 184 valence electrons. The third-order valence-electron chi connectivity index (χ3n) is 6.46. The fraction of sp³-hybridized carbons (Fsp3) is 0.357. The molecule has 4 rings (SSSR count). The highest BCUT2D eigenvalue weighted by atomic mass is 35.5. The van der Waals surface area contributed by atoms with Gasteiger partial charge in [-0.15, -0.1) is 6.58 Å². The maximum Gasteiger partial charge on any atom is 0.223 e. The number of amides is 1. The molecular formula is C28H31ClFN3O2. The van der Waals surface area contributed by atoms with Gasteiger partial charge in [-0.25, -0.2) is 9.37 Å². The molecule has 0 radical (unpaired) electrons. The lowest BCUT2D eigenvalue weighted by molar-refractivity contribution is -0.131. The number of rotatable bonds is 9. The van der Waals surface area contributed by atoms with E-state index >= 15 is 0 Å². The van der Waals surface area contributed by atoms with Crippen molar-refractivity contribution in [1.82, 2.24) is 9.88 Å². The van der Waals surface area contributed by atoms with E-state index in [1.54, 1.807) is 18.2 Å². The molecule has 5 nitrogen and oxygen atoms in total. The van der Waals surface area contributed by atoms with Gasteiger partial charge < -0.3 is 14.9 Å².